The molecule has 3 aromatic rings. The lowest BCUT2D eigenvalue weighted by Gasteiger charge is -2.70. The maximum atomic E-state index is 12.9. The SMILES string of the molecule is O=C(NC12CC(c3csc(-c4ccc(Cl)cc4)n3)(C1)C2)[C@@H]1C[C@@H](O)c2cc(Cl)ccc2O1. The van der Waals surface area contributed by atoms with E-state index in [0.717, 1.165) is 35.5 Å². The van der Waals surface area contributed by atoms with Gasteiger partial charge in [-0.3, -0.25) is 4.79 Å². The third-order valence-electron chi connectivity index (χ3n) is 6.89. The summed E-state index contributed by atoms with van der Waals surface area (Å²) in [7, 11) is 0. The Kier molecular flexibility index (Phi) is 4.60. The zero-order valence-electron chi connectivity index (χ0n) is 17.0. The second-order valence-electron chi connectivity index (χ2n) is 9.17. The third-order valence-corrected chi connectivity index (χ3v) is 8.27. The number of fused-ring (bicyclic) bond motifs is 1. The van der Waals surface area contributed by atoms with Crippen molar-refractivity contribution < 1.29 is 14.6 Å². The molecule has 1 aliphatic heterocycles. The number of hydrogen-bond acceptors (Lipinski definition) is 5. The van der Waals surface area contributed by atoms with Crippen molar-refractivity contribution >= 4 is 40.4 Å². The number of thiazole rings is 1. The lowest BCUT2D eigenvalue weighted by atomic mass is 9.38. The van der Waals surface area contributed by atoms with Gasteiger partial charge in [0.2, 0.25) is 0 Å². The van der Waals surface area contributed by atoms with Crippen molar-refractivity contribution in [3.8, 4) is 16.3 Å². The molecule has 2 aromatic carbocycles. The van der Waals surface area contributed by atoms with Gasteiger partial charge in [-0.25, -0.2) is 4.98 Å². The lowest BCUT2D eigenvalue weighted by molar-refractivity contribution is -0.147. The Bertz CT molecular complexity index is 1210. The molecule has 0 saturated heterocycles. The smallest absolute Gasteiger partial charge is 0.261 e. The van der Waals surface area contributed by atoms with Crippen molar-refractivity contribution in [3.05, 3.63) is 69.1 Å². The highest BCUT2D eigenvalue weighted by atomic mass is 35.5. The van der Waals surface area contributed by atoms with Gasteiger partial charge in [-0.1, -0.05) is 35.3 Å². The fraction of sp³-hybridized carbons (Fsp3) is 0.333. The van der Waals surface area contributed by atoms with E-state index in [4.69, 9.17) is 32.9 Å². The maximum absolute atomic E-state index is 12.9. The first-order valence-electron chi connectivity index (χ1n) is 10.5. The summed E-state index contributed by atoms with van der Waals surface area (Å²) in [5.41, 5.74) is 2.68. The highest BCUT2D eigenvalue weighted by molar-refractivity contribution is 7.13. The molecule has 0 radical (unpaired) electrons. The summed E-state index contributed by atoms with van der Waals surface area (Å²) in [5.74, 6) is 0.345. The molecule has 32 heavy (non-hydrogen) atoms. The summed E-state index contributed by atoms with van der Waals surface area (Å²) < 4.78 is 5.87. The van der Waals surface area contributed by atoms with Crippen molar-refractivity contribution in [2.24, 2.45) is 0 Å². The molecule has 2 atom stereocenters. The van der Waals surface area contributed by atoms with E-state index in [9.17, 15) is 9.90 Å². The first-order valence-corrected chi connectivity index (χ1v) is 12.2. The van der Waals surface area contributed by atoms with Crippen LogP contribution in [-0.4, -0.2) is 27.6 Å². The minimum atomic E-state index is -0.770. The van der Waals surface area contributed by atoms with Crippen molar-refractivity contribution in [2.75, 3.05) is 0 Å². The van der Waals surface area contributed by atoms with Gasteiger partial charge in [-0.2, -0.15) is 0 Å². The normalized spacial score (nSPS) is 29.8. The number of amides is 1. The molecular formula is C24H20Cl2N2O3S. The first-order chi connectivity index (χ1) is 15.3. The molecule has 7 rings (SSSR count). The van der Waals surface area contributed by atoms with Crippen LogP contribution in [0.3, 0.4) is 0 Å². The maximum Gasteiger partial charge on any atom is 0.261 e. The average Bonchev–Trinajstić information content (AvgIpc) is 3.20. The minimum Gasteiger partial charge on any atom is -0.480 e. The number of halogens is 2. The number of aliphatic hydroxyl groups is 1. The summed E-state index contributed by atoms with van der Waals surface area (Å²) in [5, 5.41) is 18.0. The van der Waals surface area contributed by atoms with Crippen LogP contribution in [0.4, 0.5) is 0 Å². The van der Waals surface area contributed by atoms with Crippen molar-refractivity contribution in [3.63, 3.8) is 0 Å². The van der Waals surface area contributed by atoms with Crippen LogP contribution in [0.1, 0.15) is 43.0 Å². The number of rotatable bonds is 4. The largest absolute Gasteiger partial charge is 0.480 e. The predicted molar refractivity (Wildman–Crippen MR) is 124 cm³/mol. The fourth-order valence-electron chi connectivity index (χ4n) is 5.36. The number of aromatic nitrogens is 1. The minimum absolute atomic E-state index is 0.0603. The molecule has 2 N–H and O–H groups in total. The first kappa shape index (κ1) is 20.5. The van der Waals surface area contributed by atoms with Gasteiger partial charge >= 0.3 is 0 Å². The van der Waals surface area contributed by atoms with Crippen LogP contribution in [0, 0.1) is 0 Å². The zero-order valence-corrected chi connectivity index (χ0v) is 19.3. The van der Waals surface area contributed by atoms with Crippen molar-refractivity contribution in [1.29, 1.82) is 0 Å². The molecule has 3 saturated carbocycles. The van der Waals surface area contributed by atoms with Gasteiger partial charge in [-0.05, 0) is 49.6 Å². The van der Waals surface area contributed by atoms with Crippen LogP contribution in [-0.2, 0) is 10.2 Å². The van der Waals surface area contributed by atoms with Crippen LogP contribution in [0.25, 0.3) is 10.6 Å². The predicted octanol–water partition coefficient (Wildman–Crippen LogP) is 5.29. The van der Waals surface area contributed by atoms with Gasteiger partial charge in [0.25, 0.3) is 5.91 Å². The summed E-state index contributed by atoms with van der Waals surface area (Å²) in [4.78, 5) is 17.8. The fourth-order valence-corrected chi connectivity index (χ4v) is 6.61. The van der Waals surface area contributed by atoms with Crippen LogP contribution in [0.5, 0.6) is 5.75 Å². The molecule has 1 amide bonds. The van der Waals surface area contributed by atoms with Crippen LogP contribution in [0.15, 0.2) is 47.8 Å². The topological polar surface area (TPSA) is 71.5 Å². The van der Waals surface area contributed by atoms with Gasteiger partial charge in [0.1, 0.15) is 10.8 Å². The number of nitrogens with one attached hydrogen (secondary N) is 1. The summed E-state index contributed by atoms with van der Waals surface area (Å²) in [6.45, 7) is 0. The molecule has 3 aliphatic carbocycles. The lowest BCUT2D eigenvalue weighted by Crippen LogP contribution is -2.77. The quantitative estimate of drug-likeness (QED) is 0.525. The Morgan fingerprint density at radius 1 is 1.12 bits per heavy atom. The van der Waals surface area contributed by atoms with Crippen LogP contribution < -0.4 is 10.1 Å². The van der Waals surface area contributed by atoms with Gasteiger partial charge in [0.15, 0.2) is 6.10 Å². The van der Waals surface area contributed by atoms with Crippen LogP contribution in [0.2, 0.25) is 10.0 Å². The number of benzene rings is 2. The number of carbonyl (C=O) groups is 1. The number of aliphatic hydroxyl groups excluding tert-OH is 1. The molecule has 2 heterocycles. The molecule has 0 spiro atoms. The molecule has 1 aromatic heterocycles. The molecule has 8 heteroatoms. The Balaban J connectivity index is 1.10. The molecule has 164 valence electrons. The number of ether oxygens (including phenoxy) is 1. The van der Waals surface area contributed by atoms with Crippen molar-refractivity contribution in [2.45, 2.75) is 48.8 Å². The van der Waals surface area contributed by atoms with Crippen LogP contribution >= 0.6 is 34.5 Å². The molecule has 4 aliphatic rings. The van der Waals surface area contributed by atoms with E-state index in [1.807, 2.05) is 24.3 Å². The number of carbonyl (C=O) groups excluding carboxylic acids is 1. The highest BCUT2D eigenvalue weighted by Gasteiger charge is 2.70. The zero-order chi connectivity index (χ0) is 22.1. The molecule has 3 fully saturated rings. The van der Waals surface area contributed by atoms with E-state index in [-0.39, 0.29) is 23.3 Å². The van der Waals surface area contributed by atoms with Gasteiger partial charge in [0, 0.05) is 43.9 Å². The molecule has 5 nitrogen and oxygen atoms in total. The third kappa shape index (κ3) is 3.24. The van der Waals surface area contributed by atoms with Crippen molar-refractivity contribution in [1.82, 2.24) is 10.3 Å². The molecular weight excluding hydrogens is 467 g/mol. The summed E-state index contributed by atoms with van der Waals surface area (Å²) >= 11 is 13.6. The number of hydrogen-bond donors (Lipinski definition) is 2. The molecule has 0 unspecified atom stereocenters. The van der Waals surface area contributed by atoms with E-state index in [1.165, 1.54) is 0 Å². The second-order valence-corrected chi connectivity index (χ2v) is 10.9. The average molecular weight is 487 g/mol. The standard InChI is InChI=1S/C24H20Cl2N2O3S/c25-14-3-1-13(2-4-14)22-27-20(9-32-22)23-10-24(11-23,12-23)28-21(30)19-8-17(29)16-7-15(26)5-6-18(16)31-19/h1-7,9,17,19,29H,8,10-12H2,(H,28,30)/t17-,19+,23?,24?/m1/s1. The van der Waals surface area contributed by atoms with Gasteiger partial charge < -0.3 is 15.2 Å². The van der Waals surface area contributed by atoms with E-state index in [1.54, 1.807) is 29.5 Å². The van der Waals surface area contributed by atoms with E-state index >= 15 is 0 Å². The summed E-state index contributed by atoms with van der Waals surface area (Å²) in [6.07, 6.45) is 1.40. The Hall–Kier alpha value is -2.12. The Morgan fingerprint density at radius 2 is 1.84 bits per heavy atom. The van der Waals surface area contributed by atoms with Gasteiger partial charge in [-0.15, -0.1) is 11.3 Å². The summed E-state index contributed by atoms with van der Waals surface area (Å²) in [6, 6.07) is 12.8. The van der Waals surface area contributed by atoms with E-state index in [0.29, 0.717) is 21.4 Å². The molecule has 2 bridgehead atoms. The van der Waals surface area contributed by atoms with Gasteiger partial charge in [0.05, 0.1) is 11.8 Å². The highest BCUT2D eigenvalue weighted by Crippen LogP contribution is 2.67. The second kappa shape index (κ2) is 7.19. The number of nitrogens with zero attached hydrogens (tertiary/aromatic N) is 1. The Labute approximate surface area is 199 Å². The monoisotopic (exact) mass is 486 g/mol. The Morgan fingerprint density at radius 3 is 2.59 bits per heavy atom. The van der Waals surface area contributed by atoms with E-state index in [2.05, 4.69) is 10.7 Å². The van der Waals surface area contributed by atoms with E-state index < -0.39 is 12.2 Å².